The van der Waals surface area contributed by atoms with Gasteiger partial charge in [-0.15, -0.1) is 10.2 Å². The van der Waals surface area contributed by atoms with Crippen LogP contribution in [0.25, 0.3) is 27.4 Å². The van der Waals surface area contributed by atoms with Gasteiger partial charge >= 0.3 is 0 Å². The lowest BCUT2D eigenvalue weighted by atomic mass is 9.97. The first kappa shape index (κ1) is 21.4. The second-order valence-corrected chi connectivity index (χ2v) is 9.53. The van der Waals surface area contributed by atoms with Crippen LogP contribution < -0.4 is 10.2 Å². The first-order valence-electron chi connectivity index (χ1n) is 11.6. The Kier molecular flexibility index (Phi) is 5.67. The molecule has 1 aliphatic heterocycles. The Morgan fingerprint density at radius 3 is 2.60 bits per heavy atom. The van der Waals surface area contributed by atoms with E-state index in [0.29, 0.717) is 17.5 Å². The molecule has 0 saturated carbocycles. The molecular weight excluding hydrogens is 458 g/mol. The molecule has 6 rings (SSSR count). The Morgan fingerprint density at radius 1 is 0.971 bits per heavy atom. The maximum Gasteiger partial charge on any atom is 0.231 e. The minimum atomic E-state index is -0.129. The normalized spacial score (nSPS) is 15.9. The Bertz CT molecular complexity index is 1430. The van der Waals surface area contributed by atoms with Crippen LogP contribution >= 0.6 is 11.3 Å². The summed E-state index contributed by atoms with van der Waals surface area (Å²) in [6, 6.07) is 21.8. The van der Waals surface area contributed by atoms with E-state index in [1.165, 1.54) is 11.3 Å². The van der Waals surface area contributed by atoms with Gasteiger partial charge in [0.05, 0.1) is 16.1 Å². The number of thiazole rings is 1. The van der Waals surface area contributed by atoms with Gasteiger partial charge in [0.15, 0.2) is 16.8 Å². The molecule has 2 aromatic carbocycles. The first-order valence-corrected chi connectivity index (χ1v) is 12.4. The average Bonchev–Trinajstić information content (AvgIpc) is 3.56. The van der Waals surface area contributed by atoms with E-state index in [2.05, 4.69) is 30.4 Å². The number of nitrogens with zero attached hydrogens (tertiary/aromatic N) is 6. The van der Waals surface area contributed by atoms with E-state index in [1.54, 1.807) is 6.20 Å². The number of nitrogens with one attached hydrogen (secondary N) is 1. The van der Waals surface area contributed by atoms with Gasteiger partial charge in [0.1, 0.15) is 5.82 Å². The zero-order valence-corrected chi connectivity index (χ0v) is 19.7. The lowest BCUT2D eigenvalue weighted by Crippen LogP contribution is -2.41. The predicted octanol–water partition coefficient (Wildman–Crippen LogP) is 4.79. The molecule has 1 fully saturated rings. The molecule has 1 aliphatic rings. The summed E-state index contributed by atoms with van der Waals surface area (Å²) in [5.74, 6) is 2.16. The Labute approximate surface area is 206 Å². The summed E-state index contributed by atoms with van der Waals surface area (Å²) < 4.78 is 2.99. The van der Waals surface area contributed by atoms with E-state index in [0.717, 1.165) is 46.8 Å². The molecule has 1 saturated heterocycles. The number of imidazole rings is 1. The summed E-state index contributed by atoms with van der Waals surface area (Å²) in [6.45, 7) is 1.45. The Balaban J connectivity index is 1.15. The van der Waals surface area contributed by atoms with Crippen molar-refractivity contribution in [1.29, 1.82) is 0 Å². The summed E-state index contributed by atoms with van der Waals surface area (Å²) in [5, 5.41) is 12.6. The molecule has 0 aliphatic carbocycles. The predicted molar refractivity (Wildman–Crippen MR) is 138 cm³/mol. The molecule has 0 radical (unpaired) electrons. The zero-order valence-electron chi connectivity index (χ0n) is 18.9. The molecule has 0 spiro atoms. The maximum atomic E-state index is 13.0. The minimum Gasteiger partial charge on any atom is -0.354 e. The molecule has 8 nitrogen and oxygen atoms in total. The van der Waals surface area contributed by atoms with Gasteiger partial charge < -0.3 is 10.2 Å². The van der Waals surface area contributed by atoms with Gasteiger partial charge in [-0.25, -0.2) is 9.97 Å². The number of piperidine rings is 1. The molecule has 1 amide bonds. The van der Waals surface area contributed by atoms with Crippen molar-refractivity contribution < 1.29 is 4.79 Å². The summed E-state index contributed by atoms with van der Waals surface area (Å²) in [7, 11) is 0. The number of aromatic nitrogens is 5. The SMILES string of the molecule is O=C(Nc1nc2ccccc2s1)C1CCCN(c2ccc(-n3ccnc3-c3ccccc3)nn2)C1. The lowest BCUT2D eigenvalue weighted by Gasteiger charge is -2.32. The second-order valence-electron chi connectivity index (χ2n) is 8.50. The van der Waals surface area contributed by atoms with Crippen LogP contribution in [0, 0.1) is 5.92 Å². The number of hydrogen-bond donors (Lipinski definition) is 1. The molecule has 1 atom stereocenters. The second kappa shape index (κ2) is 9.27. The number of para-hydroxylation sites is 1. The summed E-state index contributed by atoms with van der Waals surface area (Å²) in [5.41, 5.74) is 1.92. The fraction of sp³-hybridized carbons (Fsp3) is 0.192. The summed E-state index contributed by atoms with van der Waals surface area (Å²) in [4.78, 5) is 24.1. The Morgan fingerprint density at radius 2 is 1.77 bits per heavy atom. The van der Waals surface area contributed by atoms with Gasteiger partial charge in [-0.2, -0.15) is 0 Å². The van der Waals surface area contributed by atoms with E-state index < -0.39 is 0 Å². The van der Waals surface area contributed by atoms with Crippen LogP contribution in [-0.2, 0) is 4.79 Å². The van der Waals surface area contributed by atoms with Crippen LogP contribution in [-0.4, -0.2) is 43.7 Å². The molecule has 174 valence electrons. The number of fused-ring (bicyclic) bond motifs is 1. The van der Waals surface area contributed by atoms with Gasteiger partial charge in [0, 0.05) is 31.0 Å². The van der Waals surface area contributed by atoms with Crippen LogP contribution in [0.4, 0.5) is 10.9 Å². The number of carbonyl (C=O) groups is 1. The summed E-state index contributed by atoms with van der Waals surface area (Å²) in [6.07, 6.45) is 5.40. The van der Waals surface area contributed by atoms with Crippen molar-refractivity contribution >= 4 is 38.4 Å². The topological polar surface area (TPSA) is 88.8 Å². The lowest BCUT2D eigenvalue weighted by molar-refractivity contribution is -0.120. The van der Waals surface area contributed by atoms with Crippen LogP contribution in [0.15, 0.2) is 79.1 Å². The quantitative estimate of drug-likeness (QED) is 0.388. The highest BCUT2D eigenvalue weighted by Crippen LogP contribution is 2.28. The molecule has 5 aromatic rings. The average molecular weight is 482 g/mol. The number of carbonyl (C=O) groups excluding carboxylic acids is 1. The van der Waals surface area contributed by atoms with Crippen LogP contribution in [0.1, 0.15) is 12.8 Å². The number of amides is 1. The molecular formula is C26H23N7OS. The molecule has 0 bridgehead atoms. The van der Waals surface area contributed by atoms with Gasteiger partial charge in [-0.3, -0.25) is 9.36 Å². The summed E-state index contributed by atoms with van der Waals surface area (Å²) >= 11 is 1.50. The maximum absolute atomic E-state index is 13.0. The largest absolute Gasteiger partial charge is 0.354 e. The standard InChI is InChI=1S/C26H23N7OS/c34-25(29-26-28-20-10-4-5-11-21(20)35-26)19-9-6-15-32(17-19)22-12-13-23(31-30-22)33-16-14-27-24(33)18-7-2-1-3-8-18/h1-5,7-8,10-14,16,19H,6,9,15,17H2,(H,28,29,34). The van der Waals surface area contributed by atoms with Gasteiger partial charge in [-0.1, -0.05) is 53.8 Å². The fourth-order valence-corrected chi connectivity index (χ4v) is 5.31. The third-order valence-corrected chi connectivity index (χ3v) is 7.15. The van der Waals surface area contributed by atoms with E-state index >= 15 is 0 Å². The Hall–Kier alpha value is -4.11. The van der Waals surface area contributed by atoms with Gasteiger partial charge in [0.2, 0.25) is 5.91 Å². The molecule has 1 unspecified atom stereocenters. The zero-order chi connectivity index (χ0) is 23.6. The third-order valence-electron chi connectivity index (χ3n) is 6.20. The van der Waals surface area contributed by atoms with Gasteiger partial charge in [-0.05, 0) is 37.1 Å². The number of rotatable bonds is 5. The number of anilines is 2. The highest BCUT2D eigenvalue weighted by molar-refractivity contribution is 7.22. The van der Waals surface area contributed by atoms with Crippen molar-refractivity contribution in [2.24, 2.45) is 5.92 Å². The van der Waals surface area contributed by atoms with Crippen molar-refractivity contribution in [2.75, 3.05) is 23.3 Å². The van der Waals surface area contributed by atoms with E-state index in [1.807, 2.05) is 77.5 Å². The van der Waals surface area contributed by atoms with E-state index in [4.69, 9.17) is 0 Å². The molecule has 3 aromatic heterocycles. The molecule has 1 N–H and O–H groups in total. The number of hydrogen-bond acceptors (Lipinski definition) is 7. The van der Waals surface area contributed by atoms with Crippen LogP contribution in [0.5, 0.6) is 0 Å². The highest BCUT2D eigenvalue weighted by atomic mass is 32.1. The fourth-order valence-electron chi connectivity index (χ4n) is 4.44. The van der Waals surface area contributed by atoms with E-state index in [-0.39, 0.29) is 11.8 Å². The smallest absolute Gasteiger partial charge is 0.231 e. The van der Waals surface area contributed by atoms with Crippen molar-refractivity contribution in [1.82, 2.24) is 24.7 Å². The molecule has 35 heavy (non-hydrogen) atoms. The van der Waals surface area contributed by atoms with Crippen molar-refractivity contribution in [2.45, 2.75) is 12.8 Å². The van der Waals surface area contributed by atoms with E-state index in [9.17, 15) is 4.79 Å². The van der Waals surface area contributed by atoms with Crippen molar-refractivity contribution in [3.63, 3.8) is 0 Å². The first-order chi connectivity index (χ1) is 17.2. The molecule has 9 heteroatoms. The van der Waals surface area contributed by atoms with Crippen molar-refractivity contribution in [3.05, 3.63) is 79.1 Å². The van der Waals surface area contributed by atoms with Crippen molar-refractivity contribution in [3.8, 4) is 17.2 Å². The minimum absolute atomic E-state index is 0.00394. The third kappa shape index (κ3) is 4.38. The monoisotopic (exact) mass is 481 g/mol. The van der Waals surface area contributed by atoms with Crippen LogP contribution in [0.3, 0.4) is 0 Å². The number of benzene rings is 2. The highest BCUT2D eigenvalue weighted by Gasteiger charge is 2.27. The van der Waals surface area contributed by atoms with Crippen LogP contribution in [0.2, 0.25) is 0 Å². The molecule has 4 heterocycles. The van der Waals surface area contributed by atoms with Gasteiger partial charge in [0.25, 0.3) is 0 Å².